The SMILES string of the molecule is CN(C(=O)c1cc(N)ccc1[N+](=O)[O-])c1cccnc1. The van der Waals surface area contributed by atoms with Crippen molar-refractivity contribution in [3.8, 4) is 0 Å². The van der Waals surface area contributed by atoms with Crippen molar-refractivity contribution in [3.63, 3.8) is 0 Å². The molecule has 1 aromatic heterocycles. The van der Waals surface area contributed by atoms with E-state index in [4.69, 9.17) is 5.73 Å². The van der Waals surface area contributed by atoms with Crippen molar-refractivity contribution in [2.45, 2.75) is 0 Å². The minimum atomic E-state index is -0.607. The van der Waals surface area contributed by atoms with E-state index in [1.165, 1.54) is 36.3 Å². The highest BCUT2D eigenvalue weighted by Crippen LogP contribution is 2.24. The molecule has 2 rings (SSSR count). The topological polar surface area (TPSA) is 102 Å². The Morgan fingerprint density at radius 1 is 1.40 bits per heavy atom. The fourth-order valence-corrected chi connectivity index (χ4v) is 1.73. The summed E-state index contributed by atoms with van der Waals surface area (Å²) in [6.07, 6.45) is 3.07. The van der Waals surface area contributed by atoms with E-state index in [2.05, 4.69) is 4.98 Å². The average molecular weight is 272 g/mol. The minimum Gasteiger partial charge on any atom is -0.399 e. The number of hydrogen-bond donors (Lipinski definition) is 1. The first-order chi connectivity index (χ1) is 9.50. The molecule has 0 aliphatic heterocycles. The van der Waals surface area contributed by atoms with E-state index in [9.17, 15) is 14.9 Å². The molecule has 7 heteroatoms. The molecule has 1 heterocycles. The van der Waals surface area contributed by atoms with Gasteiger partial charge in [-0.2, -0.15) is 0 Å². The fourth-order valence-electron chi connectivity index (χ4n) is 1.73. The summed E-state index contributed by atoms with van der Waals surface area (Å²) >= 11 is 0. The van der Waals surface area contributed by atoms with E-state index in [1.807, 2.05) is 0 Å². The number of aromatic nitrogens is 1. The lowest BCUT2D eigenvalue weighted by molar-refractivity contribution is -0.385. The van der Waals surface area contributed by atoms with E-state index in [0.29, 0.717) is 11.4 Å². The third-order valence-electron chi connectivity index (χ3n) is 2.79. The van der Waals surface area contributed by atoms with Gasteiger partial charge in [-0.3, -0.25) is 19.9 Å². The maximum Gasteiger partial charge on any atom is 0.282 e. The van der Waals surface area contributed by atoms with Gasteiger partial charge in [-0.1, -0.05) is 0 Å². The van der Waals surface area contributed by atoms with Crippen LogP contribution in [0.25, 0.3) is 0 Å². The maximum atomic E-state index is 12.4. The summed E-state index contributed by atoms with van der Waals surface area (Å²) in [5, 5.41) is 11.0. The molecule has 1 aromatic carbocycles. The number of benzene rings is 1. The Balaban J connectivity index is 2.43. The van der Waals surface area contributed by atoms with Crippen LogP contribution in [0, 0.1) is 10.1 Å². The molecule has 2 N–H and O–H groups in total. The molecule has 0 unspecified atom stereocenters. The molecule has 0 fully saturated rings. The number of carbonyl (C=O) groups is 1. The molecule has 0 aliphatic carbocycles. The van der Waals surface area contributed by atoms with Crippen LogP contribution in [0.5, 0.6) is 0 Å². The first-order valence-corrected chi connectivity index (χ1v) is 5.72. The van der Waals surface area contributed by atoms with Crippen molar-refractivity contribution < 1.29 is 9.72 Å². The smallest absolute Gasteiger partial charge is 0.282 e. The molecule has 0 radical (unpaired) electrons. The van der Waals surface area contributed by atoms with Gasteiger partial charge in [0.1, 0.15) is 5.56 Å². The summed E-state index contributed by atoms with van der Waals surface area (Å²) in [5.74, 6) is -0.517. The Kier molecular flexibility index (Phi) is 3.60. The van der Waals surface area contributed by atoms with Gasteiger partial charge < -0.3 is 10.6 Å². The van der Waals surface area contributed by atoms with Gasteiger partial charge in [-0.05, 0) is 24.3 Å². The molecular formula is C13H12N4O3. The highest BCUT2D eigenvalue weighted by Gasteiger charge is 2.23. The number of nitro benzene ring substituents is 1. The van der Waals surface area contributed by atoms with Crippen LogP contribution in [0.2, 0.25) is 0 Å². The number of pyridine rings is 1. The first-order valence-electron chi connectivity index (χ1n) is 5.72. The normalized spacial score (nSPS) is 10.1. The molecule has 0 saturated carbocycles. The minimum absolute atomic E-state index is 0.0543. The lowest BCUT2D eigenvalue weighted by atomic mass is 10.1. The van der Waals surface area contributed by atoms with E-state index in [1.54, 1.807) is 18.3 Å². The van der Waals surface area contributed by atoms with Crippen molar-refractivity contribution in [2.75, 3.05) is 17.7 Å². The molecule has 0 spiro atoms. The zero-order chi connectivity index (χ0) is 14.7. The zero-order valence-corrected chi connectivity index (χ0v) is 10.7. The van der Waals surface area contributed by atoms with Gasteiger partial charge >= 0.3 is 0 Å². The van der Waals surface area contributed by atoms with Gasteiger partial charge in [-0.25, -0.2) is 0 Å². The van der Waals surface area contributed by atoms with Crippen molar-refractivity contribution in [1.29, 1.82) is 0 Å². The summed E-state index contributed by atoms with van der Waals surface area (Å²) in [5.41, 5.74) is 6.09. The lowest BCUT2D eigenvalue weighted by Crippen LogP contribution is -2.27. The quantitative estimate of drug-likeness (QED) is 0.521. The second kappa shape index (κ2) is 5.35. The summed E-state index contributed by atoms with van der Waals surface area (Å²) in [7, 11) is 1.52. The molecular weight excluding hydrogens is 260 g/mol. The highest BCUT2D eigenvalue weighted by molar-refractivity contribution is 6.08. The molecule has 0 saturated heterocycles. The Morgan fingerprint density at radius 2 is 2.15 bits per heavy atom. The van der Waals surface area contributed by atoms with E-state index in [0.717, 1.165) is 0 Å². The van der Waals surface area contributed by atoms with Gasteiger partial charge in [0.25, 0.3) is 11.6 Å². The standard InChI is InChI=1S/C13H12N4O3/c1-16(10-3-2-6-15-8-10)13(18)11-7-9(14)4-5-12(11)17(19)20/h2-8H,14H2,1H3. The number of nitro groups is 1. The third-order valence-corrected chi connectivity index (χ3v) is 2.79. The van der Waals surface area contributed by atoms with Crippen molar-refractivity contribution >= 4 is 23.0 Å². The largest absolute Gasteiger partial charge is 0.399 e. The summed E-state index contributed by atoms with van der Waals surface area (Å²) in [6, 6.07) is 7.27. The van der Waals surface area contributed by atoms with Gasteiger partial charge in [0.2, 0.25) is 0 Å². The fraction of sp³-hybridized carbons (Fsp3) is 0.0769. The second-order valence-corrected chi connectivity index (χ2v) is 4.11. The zero-order valence-electron chi connectivity index (χ0n) is 10.7. The van der Waals surface area contributed by atoms with Gasteiger partial charge in [0, 0.05) is 25.0 Å². The van der Waals surface area contributed by atoms with Crippen LogP contribution in [-0.4, -0.2) is 22.9 Å². The second-order valence-electron chi connectivity index (χ2n) is 4.11. The monoisotopic (exact) mass is 272 g/mol. The Bertz CT molecular complexity index is 658. The number of carbonyl (C=O) groups excluding carboxylic acids is 1. The molecule has 2 aromatic rings. The van der Waals surface area contributed by atoms with Crippen LogP contribution in [0.1, 0.15) is 10.4 Å². The summed E-state index contributed by atoms with van der Waals surface area (Å²) in [4.78, 5) is 27.9. The Labute approximate surface area is 114 Å². The van der Waals surface area contributed by atoms with Crippen LogP contribution in [0.4, 0.5) is 17.1 Å². The first kappa shape index (κ1) is 13.5. The average Bonchev–Trinajstić information content (AvgIpc) is 2.46. The van der Waals surface area contributed by atoms with Gasteiger partial charge in [-0.15, -0.1) is 0 Å². The van der Waals surface area contributed by atoms with Crippen LogP contribution >= 0.6 is 0 Å². The number of hydrogen-bond acceptors (Lipinski definition) is 5. The summed E-state index contributed by atoms with van der Waals surface area (Å²) < 4.78 is 0. The van der Waals surface area contributed by atoms with E-state index in [-0.39, 0.29) is 11.3 Å². The number of rotatable bonds is 3. The maximum absolute atomic E-state index is 12.4. The number of nitrogens with zero attached hydrogens (tertiary/aromatic N) is 3. The lowest BCUT2D eigenvalue weighted by Gasteiger charge is -2.16. The van der Waals surface area contributed by atoms with Crippen LogP contribution < -0.4 is 10.6 Å². The number of nitrogen functional groups attached to an aromatic ring is 1. The Morgan fingerprint density at radius 3 is 2.75 bits per heavy atom. The highest BCUT2D eigenvalue weighted by atomic mass is 16.6. The molecule has 0 atom stereocenters. The van der Waals surface area contributed by atoms with Gasteiger partial charge in [0.15, 0.2) is 0 Å². The molecule has 102 valence electrons. The number of nitrogens with two attached hydrogens (primary N) is 1. The molecule has 0 aliphatic rings. The molecule has 20 heavy (non-hydrogen) atoms. The van der Waals surface area contributed by atoms with Gasteiger partial charge in [0.05, 0.1) is 16.8 Å². The van der Waals surface area contributed by atoms with E-state index >= 15 is 0 Å². The van der Waals surface area contributed by atoms with Crippen molar-refractivity contribution in [2.24, 2.45) is 0 Å². The number of anilines is 2. The van der Waals surface area contributed by atoms with E-state index < -0.39 is 10.8 Å². The van der Waals surface area contributed by atoms with Crippen molar-refractivity contribution in [3.05, 3.63) is 58.4 Å². The third kappa shape index (κ3) is 2.56. The van der Waals surface area contributed by atoms with Crippen LogP contribution in [0.3, 0.4) is 0 Å². The molecule has 0 bridgehead atoms. The summed E-state index contributed by atoms with van der Waals surface area (Å²) in [6.45, 7) is 0. The van der Waals surface area contributed by atoms with Crippen LogP contribution in [0.15, 0.2) is 42.7 Å². The Hall–Kier alpha value is -2.96. The predicted molar refractivity (Wildman–Crippen MR) is 74.5 cm³/mol. The van der Waals surface area contributed by atoms with Crippen LogP contribution in [-0.2, 0) is 0 Å². The molecule has 1 amide bonds. The predicted octanol–water partition coefficient (Wildman–Crippen LogP) is 1.85. The van der Waals surface area contributed by atoms with Crippen molar-refractivity contribution in [1.82, 2.24) is 4.98 Å². The number of amides is 1. The molecule has 7 nitrogen and oxygen atoms in total.